The van der Waals surface area contributed by atoms with Gasteiger partial charge in [-0.1, -0.05) is 25.2 Å². The maximum absolute atomic E-state index is 11.7. The van der Waals surface area contributed by atoms with Crippen molar-refractivity contribution < 1.29 is 8.42 Å². The first kappa shape index (κ1) is 15.3. The smallest absolute Gasteiger partial charge is 0.234 e. The fourth-order valence-electron chi connectivity index (χ4n) is 1.31. The maximum Gasteiger partial charge on any atom is 0.234 e. The molecule has 0 spiro atoms. The molecule has 0 amide bonds. The summed E-state index contributed by atoms with van der Waals surface area (Å²) in [5, 5.41) is 12.0. The third-order valence-corrected chi connectivity index (χ3v) is 4.65. The third kappa shape index (κ3) is 5.74. The molecule has 0 saturated carbocycles. The topological polar surface area (TPSA) is 84.0 Å². The minimum atomic E-state index is -3.30. The van der Waals surface area contributed by atoms with Gasteiger partial charge in [-0.2, -0.15) is 0 Å². The lowest BCUT2D eigenvalue weighted by Crippen LogP contribution is -2.22. The molecule has 0 aliphatic rings. The van der Waals surface area contributed by atoms with Gasteiger partial charge in [0.15, 0.2) is 0 Å². The predicted octanol–water partition coefficient (Wildman–Crippen LogP) is 1.23. The molecule has 1 heterocycles. The van der Waals surface area contributed by atoms with Gasteiger partial charge < -0.3 is 5.32 Å². The van der Waals surface area contributed by atoms with E-state index < -0.39 is 10.0 Å². The Bertz CT molecular complexity index is 444. The van der Waals surface area contributed by atoms with Crippen LogP contribution in [0.4, 0.5) is 5.13 Å². The molecular formula is C10H20N4O2S2. The highest BCUT2D eigenvalue weighted by molar-refractivity contribution is 7.92. The molecule has 0 saturated heterocycles. The molecule has 2 N–H and O–H groups in total. The average Bonchev–Trinajstić information content (AvgIpc) is 2.75. The molecule has 1 aromatic rings. The summed E-state index contributed by atoms with van der Waals surface area (Å²) in [5.74, 6) is 0.102. The SMILES string of the molecule is CCCNCCCS(=O)(=O)Nc1nnc(CC)s1. The van der Waals surface area contributed by atoms with Crippen LogP contribution in [-0.4, -0.2) is 37.5 Å². The number of nitrogens with one attached hydrogen (secondary N) is 2. The second kappa shape index (κ2) is 7.65. The van der Waals surface area contributed by atoms with Crippen molar-refractivity contribution in [3.63, 3.8) is 0 Å². The van der Waals surface area contributed by atoms with E-state index in [4.69, 9.17) is 0 Å². The van der Waals surface area contributed by atoms with Crippen LogP contribution < -0.4 is 10.0 Å². The maximum atomic E-state index is 11.7. The molecule has 6 nitrogen and oxygen atoms in total. The minimum Gasteiger partial charge on any atom is -0.317 e. The fourth-order valence-corrected chi connectivity index (χ4v) is 3.32. The quantitative estimate of drug-likeness (QED) is 0.669. The van der Waals surface area contributed by atoms with Crippen LogP contribution in [0.5, 0.6) is 0 Å². The Hall–Kier alpha value is -0.730. The largest absolute Gasteiger partial charge is 0.317 e. The van der Waals surface area contributed by atoms with Crippen molar-refractivity contribution in [2.75, 3.05) is 23.6 Å². The Morgan fingerprint density at radius 1 is 1.22 bits per heavy atom. The summed E-state index contributed by atoms with van der Waals surface area (Å²) in [4.78, 5) is 0. The number of hydrogen-bond acceptors (Lipinski definition) is 6. The second-order valence-corrected chi connectivity index (χ2v) is 6.78. The van der Waals surface area contributed by atoms with Gasteiger partial charge in [-0.05, 0) is 32.4 Å². The van der Waals surface area contributed by atoms with Gasteiger partial charge in [-0.25, -0.2) is 8.42 Å². The van der Waals surface area contributed by atoms with E-state index in [-0.39, 0.29) is 5.75 Å². The van der Waals surface area contributed by atoms with E-state index in [1.807, 2.05) is 6.92 Å². The van der Waals surface area contributed by atoms with Crippen LogP contribution in [0.1, 0.15) is 31.7 Å². The van der Waals surface area contributed by atoms with E-state index in [0.717, 1.165) is 24.4 Å². The number of sulfonamides is 1. The molecular weight excluding hydrogens is 272 g/mol. The molecule has 104 valence electrons. The summed E-state index contributed by atoms with van der Waals surface area (Å²) in [6.45, 7) is 5.67. The summed E-state index contributed by atoms with van der Waals surface area (Å²) in [6.07, 6.45) is 2.41. The van der Waals surface area contributed by atoms with Crippen molar-refractivity contribution in [2.45, 2.75) is 33.1 Å². The molecule has 0 unspecified atom stereocenters. The van der Waals surface area contributed by atoms with Crippen molar-refractivity contribution >= 4 is 26.5 Å². The molecule has 0 radical (unpaired) electrons. The molecule has 0 atom stereocenters. The summed E-state index contributed by atoms with van der Waals surface area (Å²) in [6, 6.07) is 0. The van der Waals surface area contributed by atoms with Crippen LogP contribution in [0.15, 0.2) is 0 Å². The van der Waals surface area contributed by atoms with E-state index in [1.54, 1.807) is 0 Å². The third-order valence-electron chi connectivity index (χ3n) is 2.21. The average molecular weight is 292 g/mol. The zero-order valence-electron chi connectivity index (χ0n) is 10.8. The normalized spacial score (nSPS) is 11.7. The van der Waals surface area contributed by atoms with Gasteiger partial charge in [0.1, 0.15) is 5.01 Å². The van der Waals surface area contributed by atoms with Gasteiger partial charge in [0.2, 0.25) is 15.2 Å². The molecule has 0 aliphatic carbocycles. The zero-order valence-corrected chi connectivity index (χ0v) is 12.4. The van der Waals surface area contributed by atoms with E-state index in [2.05, 4.69) is 27.2 Å². The Balaban J connectivity index is 2.35. The highest BCUT2D eigenvalue weighted by atomic mass is 32.2. The summed E-state index contributed by atoms with van der Waals surface area (Å²) >= 11 is 1.28. The van der Waals surface area contributed by atoms with Crippen molar-refractivity contribution in [3.8, 4) is 0 Å². The highest BCUT2D eigenvalue weighted by Gasteiger charge is 2.12. The van der Waals surface area contributed by atoms with E-state index in [1.165, 1.54) is 11.3 Å². The van der Waals surface area contributed by atoms with E-state index in [9.17, 15) is 8.42 Å². The molecule has 0 aromatic carbocycles. The van der Waals surface area contributed by atoms with Crippen LogP contribution in [0.25, 0.3) is 0 Å². The first-order valence-electron chi connectivity index (χ1n) is 6.11. The van der Waals surface area contributed by atoms with E-state index in [0.29, 0.717) is 18.1 Å². The van der Waals surface area contributed by atoms with Crippen molar-refractivity contribution in [1.29, 1.82) is 0 Å². The van der Waals surface area contributed by atoms with Gasteiger partial charge in [-0.3, -0.25) is 4.72 Å². The van der Waals surface area contributed by atoms with Crippen LogP contribution >= 0.6 is 11.3 Å². The van der Waals surface area contributed by atoms with Gasteiger partial charge in [0.05, 0.1) is 5.75 Å². The number of aryl methyl sites for hydroxylation is 1. The van der Waals surface area contributed by atoms with Crippen molar-refractivity contribution in [3.05, 3.63) is 5.01 Å². The van der Waals surface area contributed by atoms with Gasteiger partial charge >= 0.3 is 0 Å². The van der Waals surface area contributed by atoms with Gasteiger partial charge in [0.25, 0.3) is 0 Å². The lowest BCUT2D eigenvalue weighted by molar-refractivity contribution is 0.593. The Labute approximate surface area is 112 Å². The predicted molar refractivity (Wildman–Crippen MR) is 74.5 cm³/mol. The molecule has 0 aliphatic heterocycles. The number of anilines is 1. The second-order valence-electron chi connectivity index (χ2n) is 3.88. The number of aromatic nitrogens is 2. The number of nitrogens with zero attached hydrogens (tertiary/aromatic N) is 2. The first-order valence-corrected chi connectivity index (χ1v) is 8.58. The highest BCUT2D eigenvalue weighted by Crippen LogP contribution is 2.16. The van der Waals surface area contributed by atoms with Crippen LogP contribution in [0.2, 0.25) is 0 Å². The van der Waals surface area contributed by atoms with Gasteiger partial charge in [0, 0.05) is 0 Å². The number of rotatable bonds is 9. The molecule has 1 aromatic heterocycles. The van der Waals surface area contributed by atoms with Crippen LogP contribution in [0.3, 0.4) is 0 Å². The van der Waals surface area contributed by atoms with E-state index >= 15 is 0 Å². The standard InChI is InChI=1S/C10H20N4O2S2/c1-3-6-11-7-5-8-18(15,16)14-10-13-12-9(4-2)17-10/h11H,3-8H2,1-2H3,(H,13,14). The van der Waals surface area contributed by atoms with Gasteiger partial charge in [-0.15, -0.1) is 10.2 Å². The first-order chi connectivity index (χ1) is 8.57. The molecule has 0 bridgehead atoms. The van der Waals surface area contributed by atoms with Crippen molar-refractivity contribution in [2.24, 2.45) is 0 Å². The number of hydrogen-bond donors (Lipinski definition) is 2. The summed E-state index contributed by atoms with van der Waals surface area (Å²) in [7, 11) is -3.30. The van der Waals surface area contributed by atoms with Crippen LogP contribution in [-0.2, 0) is 16.4 Å². The molecule has 18 heavy (non-hydrogen) atoms. The lowest BCUT2D eigenvalue weighted by atomic mass is 10.4. The monoisotopic (exact) mass is 292 g/mol. The Morgan fingerprint density at radius 2 is 2.00 bits per heavy atom. The zero-order chi connectivity index (χ0) is 13.4. The summed E-state index contributed by atoms with van der Waals surface area (Å²) in [5.41, 5.74) is 0. The summed E-state index contributed by atoms with van der Waals surface area (Å²) < 4.78 is 25.9. The minimum absolute atomic E-state index is 0.102. The Morgan fingerprint density at radius 3 is 2.61 bits per heavy atom. The fraction of sp³-hybridized carbons (Fsp3) is 0.800. The molecule has 0 fully saturated rings. The van der Waals surface area contributed by atoms with Crippen molar-refractivity contribution in [1.82, 2.24) is 15.5 Å². The lowest BCUT2D eigenvalue weighted by Gasteiger charge is -2.05. The molecule has 1 rings (SSSR count). The Kier molecular flexibility index (Phi) is 6.51. The van der Waals surface area contributed by atoms with Crippen LogP contribution in [0, 0.1) is 0 Å². The molecule has 8 heteroatoms.